The number of hydrogen-bond donors (Lipinski definition) is 2. The summed E-state index contributed by atoms with van der Waals surface area (Å²) in [6, 6.07) is 11.1. The van der Waals surface area contributed by atoms with Crippen LogP contribution in [0.25, 0.3) is 0 Å². The first-order valence-corrected chi connectivity index (χ1v) is 9.15. The summed E-state index contributed by atoms with van der Waals surface area (Å²) in [4.78, 5) is 5.79. The van der Waals surface area contributed by atoms with Crippen LogP contribution in [0.2, 0.25) is 5.02 Å². The van der Waals surface area contributed by atoms with Gasteiger partial charge in [0.2, 0.25) is 0 Å². The molecule has 3 rings (SSSR count). The number of nitrogens with zero attached hydrogens (tertiary/aromatic N) is 2. The summed E-state index contributed by atoms with van der Waals surface area (Å²) < 4.78 is 27.6. The summed E-state index contributed by atoms with van der Waals surface area (Å²) in [5.41, 5.74) is 7.33. The van der Waals surface area contributed by atoms with Crippen molar-refractivity contribution in [2.75, 3.05) is 15.4 Å². The molecule has 0 amide bonds. The second kappa shape index (κ2) is 8.27. The number of halogens is 2. The highest BCUT2D eigenvalue weighted by atomic mass is 35.5. The van der Waals surface area contributed by atoms with E-state index in [1.165, 1.54) is 12.1 Å². The molecule has 2 aromatic rings. The van der Waals surface area contributed by atoms with Gasteiger partial charge in [0.15, 0.2) is 0 Å². The summed E-state index contributed by atoms with van der Waals surface area (Å²) >= 11 is 6.01. The van der Waals surface area contributed by atoms with Crippen LogP contribution in [0, 0.1) is 0 Å². The molecule has 0 saturated carbocycles. The van der Waals surface area contributed by atoms with Gasteiger partial charge in [-0.05, 0) is 36.4 Å². The summed E-state index contributed by atoms with van der Waals surface area (Å²) in [6.07, 6.45) is 8.50. The molecule has 0 saturated heterocycles. The van der Waals surface area contributed by atoms with E-state index < -0.39 is 10.0 Å². The largest absolute Gasteiger partial charge is 0.397 e. The number of sulfonamides is 1. The normalized spacial score (nSPS) is 13.2. The number of hydrogen-bond acceptors (Lipinski definition) is 5. The lowest BCUT2D eigenvalue weighted by atomic mass is 10.2. The lowest BCUT2D eigenvalue weighted by Crippen LogP contribution is -2.15. The molecule has 0 fully saturated rings. The Morgan fingerprint density at radius 3 is 2.62 bits per heavy atom. The van der Waals surface area contributed by atoms with Crippen LogP contribution < -0.4 is 15.4 Å². The highest BCUT2D eigenvalue weighted by molar-refractivity contribution is 7.92. The Hall–Kier alpha value is -2.48. The molecule has 3 N–H and O–H groups in total. The van der Waals surface area contributed by atoms with Crippen molar-refractivity contribution in [3.8, 4) is 0 Å². The molecule has 0 aliphatic carbocycles. The molecule has 0 bridgehead atoms. The third kappa shape index (κ3) is 4.37. The highest BCUT2D eigenvalue weighted by Crippen LogP contribution is 2.29. The van der Waals surface area contributed by atoms with Crippen molar-refractivity contribution in [2.45, 2.75) is 4.90 Å². The maximum atomic E-state index is 12.6. The minimum atomic E-state index is -3.81. The SMILES string of the molecule is Cl.Nc1cc(S(=O)(=O)Nc2ccccc2Cl)ccc1N1C=CC=NC=C1. The zero-order chi connectivity index (χ0) is 17.9. The van der Waals surface area contributed by atoms with Gasteiger partial charge in [-0.1, -0.05) is 23.7 Å². The first kappa shape index (κ1) is 19.8. The number of para-hydroxylation sites is 1. The minimum Gasteiger partial charge on any atom is -0.397 e. The predicted octanol–water partition coefficient (Wildman–Crippen LogP) is 4.02. The average molecular weight is 411 g/mol. The number of aliphatic imine (C=N–C) groups is 1. The molecule has 2 aromatic carbocycles. The summed E-state index contributed by atoms with van der Waals surface area (Å²) in [5, 5.41) is 0.315. The van der Waals surface area contributed by atoms with E-state index in [-0.39, 0.29) is 17.3 Å². The Balaban J connectivity index is 0.00000243. The monoisotopic (exact) mass is 410 g/mol. The fraction of sp³-hybridized carbons (Fsp3) is 0. The van der Waals surface area contributed by atoms with Crippen molar-refractivity contribution in [2.24, 2.45) is 4.99 Å². The van der Waals surface area contributed by atoms with Crippen molar-refractivity contribution >= 4 is 57.3 Å². The van der Waals surface area contributed by atoms with Crippen molar-refractivity contribution in [3.05, 3.63) is 72.2 Å². The number of nitrogen functional groups attached to an aromatic ring is 1. The molecule has 136 valence electrons. The van der Waals surface area contributed by atoms with Gasteiger partial charge in [-0.25, -0.2) is 8.42 Å². The van der Waals surface area contributed by atoms with E-state index >= 15 is 0 Å². The van der Waals surface area contributed by atoms with Crippen molar-refractivity contribution < 1.29 is 8.42 Å². The smallest absolute Gasteiger partial charge is 0.262 e. The van der Waals surface area contributed by atoms with E-state index in [0.29, 0.717) is 22.1 Å². The highest BCUT2D eigenvalue weighted by Gasteiger charge is 2.18. The van der Waals surface area contributed by atoms with E-state index in [9.17, 15) is 8.42 Å². The summed E-state index contributed by atoms with van der Waals surface area (Å²) in [5.74, 6) is 0. The quantitative estimate of drug-likeness (QED) is 0.744. The molecule has 0 radical (unpaired) electrons. The van der Waals surface area contributed by atoms with E-state index in [2.05, 4.69) is 9.71 Å². The molecule has 1 aliphatic rings. The van der Waals surface area contributed by atoms with E-state index in [1.54, 1.807) is 66.1 Å². The molecule has 9 heteroatoms. The van der Waals surface area contributed by atoms with Crippen LogP contribution in [0.4, 0.5) is 17.1 Å². The molecular formula is C17H16Cl2N4O2S. The molecular weight excluding hydrogens is 395 g/mol. The second-order valence-corrected chi connectivity index (χ2v) is 7.24. The fourth-order valence-corrected chi connectivity index (χ4v) is 3.59. The Morgan fingerprint density at radius 1 is 1.12 bits per heavy atom. The average Bonchev–Trinajstić information content (AvgIpc) is 2.86. The Morgan fingerprint density at radius 2 is 1.88 bits per heavy atom. The van der Waals surface area contributed by atoms with Crippen molar-refractivity contribution in [1.29, 1.82) is 0 Å². The molecule has 0 unspecified atom stereocenters. The van der Waals surface area contributed by atoms with Crippen molar-refractivity contribution in [3.63, 3.8) is 0 Å². The Labute approximate surface area is 163 Å². The molecule has 1 heterocycles. The first-order chi connectivity index (χ1) is 12.0. The zero-order valence-electron chi connectivity index (χ0n) is 13.4. The predicted molar refractivity (Wildman–Crippen MR) is 110 cm³/mol. The van der Waals surface area contributed by atoms with Crippen molar-refractivity contribution in [1.82, 2.24) is 0 Å². The summed E-state index contributed by atoms with van der Waals surface area (Å²) in [6.45, 7) is 0. The van der Waals surface area contributed by atoms with Crippen LogP contribution in [-0.4, -0.2) is 14.6 Å². The lowest BCUT2D eigenvalue weighted by molar-refractivity contribution is 0.601. The Bertz CT molecular complexity index is 972. The maximum Gasteiger partial charge on any atom is 0.262 e. The van der Waals surface area contributed by atoms with Crippen LogP contribution in [0.15, 0.2) is 77.0 Å². The molecule has 26 heavy (non-hydrogen) atoms. The van der Waals surface area contributed by atoms with Crippen LogP contribution in [0.3, 0.4) is 0 Å². The van der Waals surface area contributed by atoms with E-state index in [0.717, 1.165) is 0 Å². The number of allylic oxidation sites excluding steroid dienone is 1. The number of benzene rings is 2. The van der Waals surface area contributed by atoms with E-state index in [4.69, 9.17) is 17.3 Å². The van der Waals surface area contributed by atoms with Gasteiger partial charge in [-0.15, -0.1) is 12.4 Å². The Kier molecular flexibility index (Phi) is 6.31. The number of nitrogens with one attached hydrogen (secondary N) is 1. The van der Waals surface area contributed by atoms with Gasteiger partial charge < -0.3 is 10.6 Å². The topological polar surface area (TPSA) is 87.8 Å². The molecule has 1 aliphatic heterocycles. The number of rotatable bonds is 4. The number of nitrogens with two attached hydrogens (primary N) is 1. The van der Waals surface area contributed by atoms with E-state index in [1.807, 2.05) is 0 Å². The molecule has 6 nitrogen and oxygen atoms in total. The van der Waals surface area contributed by atoms with Gasteiger partial charge in [-0.3, -0.25) is 9.71 Å². The number of anilines is 3. The standard InChI is InChI=1S/C17H15ClN4O2S.ClH/c18-14-4-1-2-5-16(14)21-25(23,24)13-6-7-17(15(19)12-13)22-10-3-8-20-9-11-22;/h1-12,21H,19H2;1H. The van der Waals surface area contributed by atoms with Crippen LogP contribution in [-0.2, 0) is 10.0 Å². The zero-order valence-corrected chi connectivity index (χ0v) is 15.8. The van der Waals surface area contributed by atoms with Gasteiger partial charge in [0.25, 0.3) is 10.0 Å². The van der Waals surface area contributed by atoms with Gasteiger partial charge >= 0.3 is 0 Å². The van der Waals surface area contributed by atoms with Crippen LogP contribution >= 0.6 is 24.0 Å². The van der Waals surface area contributed by atoms with Crippen LogP contribution in [0.1, 0.15) is 0 Å². The van der Waals surface area contributed by atoms with Gasteiger partial charge in [0.1, 0.15) is 0 Å². The first-order valence-electron chi connectivity index (χ1n) is 7.29. The van der Waals surface area contributed by atoms with Gasteiger partial charge in [0, 0.05) is 24.8 Å². The minimum absolute atomic E-state index is 0. The molecule has 0 atom stereocenters. The lowest BCUT2D eigenvalue weighted by Gasteiger charge is -2.18. The van der Waals surface area contributed by atoms with Crippen LogP contribution in [0.5, 0.6) is 0 Å². The molecule has 0 spiro atoms. The fourth-order valence-electron chi connectivity index (χ4n) is 2.23. The third-order valence-electron chi connectivity index (χ3n) is 3.44. The second-order valence-electron chi connectivity index (χ2n) is 5.15. The maximum absolute atomic E-state index is 12.6. The third-order valence-corrected chi connectivity index (χ3v) is 5.13. The molecule has 0 aromatic heterocycles. The van der Waals surface area contributed by atoms with Gasteiger partial charge in [-0.2, -0.15) is 0 Å². The van der Waals surface area contributed by atoms with Gasteiger partial charge in [0.05, 0.1) is 27.0 Å². The summed E-state index contributed by atoms with van der Waals surface area (Å²) in [7, 11) is -3.81.